The smallest absolute Gasteiger partial charge is 0.423 e. The molecule has 7 nitrogen and oxygen atoms in total. The standard InChI is InChI=1S/C16H19ClFN3O4/c1-9(2)7-13(15(23)20-21-16(24)25)19-14(22)6-4-10-3-5-11(17)8-12(10)18/h3-6,8-9,13,21H,7H2,1-2H3,(H,19,22)(H,20,23)(H,24,25)/b6-4+/t13-/m0/s1. The molecule has 136 valence electrons. The van der Waals surface area contributed by atoms with E-state index in [9.17, 15) is 18.8 Å². The van der Waals surface area contributed by atoms with Gasteiger partial charge in [-0.2, -0.15) is 0 Å². The van der Waals surface area contributed by atoms with Gasteiger partial charge in [0.25, 0.3) is 5.91 Å². The fraction of sp³-hybridized carbons (Fsp3) is 0.312. The molecule has 0 saturated heterocycles. The molecular formula is C16H19ClFN3O4. The first kappa shape index (κ1) is 20.4. The van der Waals surface area contributed by atoms with Crippen LogP contribution in [0.5, 0.6) is 0 Å². The Balaban J connectivity index is 2.74. The van der Waals surface area contributed by atoms with E-state index in [4.69, 9.17) is 16.7 Å². The minimum absolute atomic E-state index is 0.0681. The lowest BCUT2D eigenvalue weighted by atomic mass is 10.0. The average Bonchev–Trinajstić information content (AvgIpc) is 2.50. The summed E-state index contributed by atoms with van der Waals surface area (Å²) >= 11 is 5.65. The van der Waals surface area contributed by atoms with Crippen molar-refractivity contribution in [3.63, 3.8) is 0 Å². The van der Waals surface area contributed by atoms with Crippen molar-refractivity contribution in [1.29, 1.82) is 0 Å². The van der Waals surface area contributed by atoms with Gasteiger partial charge >= 0.3 is 6.09 Å². The van der Waals surface area contributed by atoms with Crippen molar-refractivity contribution < 1.29 is 23.9 Å². The van der Waals surface area contributed by atoms with Crippen LogP contribution in [-0.4, -0.2) is 29.1 Å². The molecule has 0 bridgehead atoms. The van der Waals surface area contributed by atoms with Gasteiger partial charge in [-0.3, -0.25) is 15.0 Å². The van der Waals surface area contributed by atoms with E-state index in [-0.39, 0.29) is 16.5 Å². The number of rotatable bonds is 6. The molecule has 1 rings (SSSR count). The highest BCUT2D eigenvalue weighted by molar-refractivity contribution is 6.30. The van der Waals surface area contributed by atoms with Gasteiger partial charge in [0.15, 0.2) is 0 Å². The van der Waals surface area contributed by atoms with Crippen molar-refractivity contribution in [3.05, 3.63) is 40.7 Å². The monoisotopic (exact) mass is 371 g/mol. The van der Waals surface area contributed by atoms with Crippen molar-refractivity contribution in [2.45, 2.75) is 26.3 Å². The number of carbonyl (C=O) groups is 3. The summed E-state index contributed by atoms with van der Waals surface area (Å²) in [6.07, 6.45) is 1.20. The zero-order valence-electron chi connectivity index (χ0n) is 13.7. The number of benzene rings is 1. The number of hydrogen-bond donors (Lipinski definition) is 4. The lowest BCUT2D eigenvalue weighted by molar-refractivity contribution is -0.128. The van der Waals surface area contributed by atoms with Crippen LogP contribution >= 0.6 is 11.6 Å². The maximum Gasteiger partial charge on any atom is 0.423 e. The number of hydrazine groups is 1. The predicted molar refractivity (Wildman–Crippen MR) is 91.1 cm³/mol. The molecule has 0 aliphatic heterocycles. The van der Waals surface area contributed by atoms with Crippen LogP contribution in [0.1, 0.15) is 25.8 Å². The van der Waals surface area contributed by atoms with Gasteiger partial charge < -0.3 is 10.4 Å². The Morgan fingerprint density at radius 3 is 2.52 bits per heavy atom. The molecule has 0 saturated carbocycles. The summed E-state index contributed by atoms with van der Waals surface area (Å²) in [5.74, 6) is -1.83. The second-order valence-electron chi connectivity index (χ2n) is 5.61. The molecule has 4 N–H and O–H groups in total. The lowest BCUT2D eigenvalue weighted by Gasteiger charge is -2.19. The van der Waals surface area contributed by atoms with Crippen LogP contribution < -0.4 is 16.2 Å². The quantitative estimate of drug-likeness (QED) is 0.454. The molecule has 0 heterocycles. The SMILES string of the molecule is CC(C)C[C@H](NC(=O)/C=C/c1ccc(Cl)cc1F)C(=O)NNC(=O)O. The van der Waals surface area contributed by atoms with E-state index in [1.54, 1.807) is 5.43 Å². The van der Waals surface area contributed by atoms with Crippen molar-refractivity contribution >= 4 is 35.6 Å². The first-order valence-corrected chi connectivity index (χ1v) is 7.79. The predicted octanol–water partition coefficient (Wildman–Crippen LogP) is 2.32. The largest absolute Gasteiger partial charge is 0.464 e. The van der Waals surface area contributed by atoms with Gasteiger partial charge in [-0.25, -0.2) is 14.6 Å². The number of carbonyl (C=O) groups excluding carboxylic acids is 2. The molecule has 0 aliphatic rings. The van der Waals surface area contributed by atoms with Crippen molar-refractivity contribution in [2.75, 3.05) is 0 Å². The van der Waals surface area contributed by atoms with E-state index in [1.165, 1.54) is 18.2 Å². The molecule has 0 radical (unpaired) electrons. The summed E-state index contributed by atoms with van der Waals surface area (Å²) in [6, 6.07) is 3.07. The van der Waals surface area contributed by atoms with Crippen molar-refractivity contribution in [2.24, 2.45) is 5.92 Å². The van der Waals surface area contributed by atoms with Gasteiger partial charge in [0, 0.05) is 16.7 Å². The van der Waals surface area contributed by atoms with Crippen LogP contribution in [0.15, 0.2) is 24.3 Å². The molecule has 1 aromatic carbocycles. The highest BCUT2D eigenvalue weighted by atomic mass is 35.5. The summed E-state index contributed by atoms with van der Waals surface area (Å²) in [5.41, 5.74) is 3.87. The van der Waals surface area contributed by atoms with Crippen LogP contribution in [0.25, 0.3) is 6.08 Å². The number of hydrogen-bond acceptors (Lipinski definition) is 3. The zero-order valence-corrected chi connectivity index (χ0v) is 14.4. The van der Waals surface area contributed by atoms with Crippen LogP contribution in [0, 0.1) is 11.7 Å². The summed E-state index contributed by atoms with van der Waals surface area (Å²) in [5, 5.41) is 11.2. The number of halogens is 2. The Morgan fingerprint density at radius 1 is 1.28 bits per heavy atom. The minimum atomic E-state index is -1.43. The zero-order chi connectivity index (χ0) is 19.0. The molecular weight excluding hydrogens is 353 g/mol. The second kappa shape index (κ2) is 9.63. The van der Waals surface area contributed by atoms with Crippen LogP contribution in [0.4, 0.5) is 9.18 Å². The number of amides is 3. The Morgan fingerprint density at radius 2 is 1.96 bits per heavy atom. The molecule has 0 aromatic heterocycles. The van der Waals surface area contributed by atoms with Crippen molar-refractivity contribution in [1.82, 2.24) is 16.2 Å². The summed E-state index contributed by atoms with van der Waals surface area (Å²) in [7, 11) is 0. The Bertz CT molecular complexity index is 679. The van der Waals surface area contributed by atoms with E-state index >= 15 is 0 Å². The Kier molecular flexibility index (Phi) is 7.87. The number of carboxylic acid groups (broad SMARTS) is 1. The maximum absolute atomic E-state index is 13.6. The molecule has 1 aromatic rings. The van der Waals surface area contributed by atoms with E-state index in [0.717, 1.165) is 12.1 Å². The van der Waals surface area contributed by atoms with E-state index in [2.05, 4.69) is 5.32 Å². The van der Waals surface area contributed by atoms with Crippen LogP contribution in [-0.2, 0) is 9.59 Å². The maximum atomic E-state index is 13.6. The molecule has 3 amide bonds. The highest BCUT2D eigenvalue weighted by Gasteiger charge is 2.21. The first-order chi connectivity index (χ1) is 11.7. The van der Waals surface area contributed by atoms with Gasteiger partial charge in [-0.1, -0.05) is 31.5 Å². The van der Waals surface area contributed by atoms with E-state index < -0.39 is 29.8 Å². The fourth-order valence-electron chi connectivity index (χ4n) is 1.93. The highest BCUT2D eigenvalue weighted by Crippen LogP contribution is 2.15. The number of nitrogens with one attached hydrogen (secondary N) is 3. The molecule has 25 heavy (non-hydrogen) atoms. The lowest BCUT2D eigenvalue weighted by Crippen LogP contribution is -2.52. The third kappa shape index (κ3) is 7.67. The topological polar surface area (TPSA) is 108 Å². The molecule has 0 fully saturated rings. The van der Waals surface area contributed by atoms with Gasteiger partial charge in [0.05, 0.1) is 0 Å². The van der Waals surface area contributed by atoms with E-state index in [0.29, 0.717) is 6.42 Å². The second-order valence-corrected chi connectivity index (χ2v) is 6.05. The molecule has 1 atom stereocenters. The normalized spacial score (nSPS) is 12.0. The molecule has 0 aliphatic carbocycles. The van der Waals surface area contributed by atoms with Gasteiger partial charge in [-0.15, -0.1) is 0 Å². The average molecular weight is 372 g/mol. The van der Waals surface area contributed by atoms with Crippen LogP contribution in [0.2, 0.25) is 5.02 Å². The third-order valence-corrected chi connectivity index (χ3v) is 3.24. The molecule has 0 unspecified atom stereocenters. The Hall–Kier alpha value is -2.61. The van der Waals surface area contributed by atoms with Crippen molar-refractivity contribution in [3.8, 4) is 0 Å². The molecule has 9 heteroatoms. The third-order valence-electron chi connectivity index (χ3n) is 3.01. The van der Waals surface area contributed by atoms with Gasteiger partial charge in [0.1, 0.15) is 11.9 Å². The van der Waals surface area contributed by atoms with Gasteiger partial charge in [0.2, 0.25) is 5.91 Å². The summed E-state index contributed by atoms with van der Waals surface area (Å²) < 4.78 is 13.6. The fourth-order valence-corrected chi connectivity index (χ4v) is 2.09. The Labute approximate surface area is 149 Å². The minimum Gasteiger partial charge on any atom is -0.464 e. The summed E-state index contributed by atoms with van der Waals surface area (Å²) in [6.45, 7) is 3.69. The van der Waals surface area contributed by atoms with E-state index in [1.807, 2.05) is 19.3 Å². The molecule has 0 spiro atoms. The van der Waals surface area contributed by atoms with Gasteiger partial charge in [-0.05, 0) is 30.5 Å². The first-order valence-electron chi connectivity index (χ1n) is 7.41. The summed E-state index contributed by atoms with van der Waals surface area (Å²) in [4.78, 5) is 34.3. The van der Waals surface area contributed by atoms with Crippen LogP contribution in [0.3, 0.4) is 0 Å².